The maximum absolute atomic E-state index is 5.59. The third-order valence-corrected chi connectivity index (χ3v) is 6.00. The minimum absolute atomic E-state index is 0.304. The number of methoxy groups -OCH3 is 1. The van der Waals surface area contributed by atoms with Gasteiger partial charge in [0.2, 0.25) is 0 Å². The first-order valence-corrected chi connectivity index (χ1v) is 9.43. The molecular weight excluding hydrogens is 258 g/mol. The molecule has 0 radical (unpaired) electrons. The van der Waals surface area contributed by atoms with E-state index in [2.05, 4.69) is 19.2 Å². The maximum Gasteiger partial charge on any atom is 0.0652 e. The van der Waals surface area contributed by atoms with Crippen LogP contribution in [0.15, 0.2) is 0 Å². The fraction of sp³-hybridized carbons (Fsp3) is 1.00. The molecule has 2 rings (SSSR count). The minimum Gasteiger partial charge on any atom is -0.381 e. The lowest BCUT2D eigenvalue weighted by atomic mass is 9.64. The van der Waals surface area contributed by atoms with E-state index in [1.165, 1.54) is 77.0 Å². The van der Waals surface area contributed by atoms with Crippen molar-refractivity contribution >= 4 is 0 Å². The van der Waals surface area contributed by atoms with Gasteiger partial charge in [-0.05, 0) is 19.3 Å². The molecule has 124 valence electrons. The normalized spacial score (nSPS) is 32.7. The van der Waals surface area contributed by atoms with Crippen LogP contribution in [0.4, 0.5) is 0 Å². The number of hydrogen-bond acceptors (Lipinski definition) is 2. The van der Waals surface area contributed by atoms with Gasteiger partial charge in [0.05, 0.1) is 6.10 Å². The first kappa shape index (κ1) is 17.3. The molecule has 0 heterocycles. The quantitative estimate of drug-likeness (QED) is 0.785. The summed E-state index contributed by atoms with van der Waals surface area (Å²) < 4.78 is 5.59. The van der Waals surface area contributed by atoms with Crippen LogP contribution in [-0.2, 0) is 4.74 Å². The Bertz CT molecular complexity index is 277. The molecule has 0 bridgehead atoms. The van der Waals surface area contributed by atoms with Crippen molar-refractivity contribution in [2.45, 2.75) is 109 Å². The highest BCUT2D eigenvalue weighted by Gasteiger charge is 2.48. The highest BCUT2D eigenvalue weighted by molar-refractivity contribution is 5.03. The van der Waals surface area contributed by atoms with E-state index in [1.54, 1.807) is 0 Å². The van der Waals surface area contributed by atoms with Crippen molar-refractivity contribution in [1.29, 1.82) is 0 Å². The molecule has 2 heteroatoms. The van der Waals surface area contributed by atoms with Gasteiger partial charge < -0.3 is 10.1 Å². The molecule has 2 saturated carbocycles. The zero-order valence-electron chi connectivity index (χ0n) is 14.6. The highest BCUT2D eigenvalue weighted by atomic mass is 16.5. The fourth-order valence-corrected chi connectivity index (χ4v) is 4.18. The van der Waals surface area contributed by atoms with Crippen molar-refractivity contribution in [3.05, 3.63) is 0 Å². The second-order valence-electron chi connectivity index (χ2n) is 7.96. The molecule has 2 aliphatic carbocycles. The summed E-state index contributed by atoms with van der Waals surface area (Å²) in [4.78, 5) is 0. The Morgan fingerprint density at radius 2 is 1.29 bits per heavy atom. The molecule has 2 nitrogen and oxygen atoms in total. The summed E-state index contributed by atoms with van der Waals surface area (Å²) in [5, 5.41) is 3.98. The van der Waals surface area contributed by atoms with E-state index in [0.717, 1.165) is 6.04 Å². The molecule has 0 aromatic carbocycles. The predicted molar refractivity (Wildman–Crippen MR) is 90.7 cm³/mol. The van der Waals surface area contributed by atoms with E-state index in [9.17, 15) is 0 Å². The summed E-state index contributed by atoms with van der Waals surface area (Å²) >= 11 is 0. The standard InChI is InChI=1S/C19H37NO/c1-19(2)17(15-18(19)21-3)20-16-13-11-9-7-5-4-6-8-10-12-14-16/h16-18,20H,4-15H2,1-3H3. The van der Waals surface area contributed by atoms with Crippen LogP contribution < -0.4 is 5.32 Å². The van der Waals surface area contributed by atoms with E-state index >= 15 is 0 Å². The van der Waals surface area contributed by atoms with Crippen LogP contribution in [0.5, 0.6) is 0 Å². The van der Waals surface area contributed by atoms with E-state index < -0.39 is 0 Å². The molecule has 2 aliphatic rings. The first-order valence-electron chi connectivity index (χ1n) is 9.43. The van der Waals surface area contributed by atoms with Crippen LogP contribution in [0.2, 0.25) is 0 Å². The molecule has 0 spiro atoms. The first-order chi connectivity index (χ1) is 10.1. The van der Waals surface area contributed by atoms with E-state index in [-0.39, 0.29) is 0 Å². The highest BCUT2D eigenvalue weighted by Crippen LogP contribution is 2.42. The Labute approximate surface area is 132 Å². The zero-order valence-corrected chi connectivity index (χ0v) is 14.6. The zero-order chi connectivity index (χ0) is 15.1. The lowest BCUT2D eigenvalue weighted by molar-refractivity contribution is -0.101. The van der Waals surface area contributed by atoms with E-state index in [1.807, 2.05) is 7.11 Å². The summed E-state index contributed by atoms with van der Waals surface area (Å²) in [5.74, 6) is 0. The maximum atomic E-state index is 5.59. The van der Waals surface area contributed by atoms with Crippen LogP contribution in [0.1, 0.15) is 90.9 Å². The molecule has 21 heavy (non-hydrogen) atoms. The van der Waals surface area contributed by atoms with Gasteiger partial charge >= 0.3 is 0 Å². The SMILES string of the molecule is COC1CC(NC2CCCCCCCCCCC2)C1(C)C. The Hall–Kier alpha value is -0.0800. The summed E-state index contributed by atoms with van der Waals surface area (Å²) in [6, 6.07) is 1.40. The summed E-state index contributed by atoms with van der Waals surface area (Å²) in [7, 11) is 1.86. The lowest BCUT2D eigenvalue weighted by Crippen LogP contribution is -2.62. The van der Waals surface area contributed by atoms with Gasteiger partial charge in [-0.1, -0.05) is 71.6 Å². The molecule has 2 unspecified atom stereocenters. The Morgan fingerprint density at radius 1 is 0.810 bits per heavy atom. The number of hydrogen-bond donors (Lipinski definition) is 1. The number of ether oxygens (including phenoxy) is 1. The van der Waals surface area contributed by atoms with Crippen molar-refractivity contribution < 1.29 is 4.74 Å². The summed E-state index contributed by atoms with van der Waals surface area (Å²) in [5.41, 5.74) is 0.304. The van der Waals surface area contributed by atoms with E-state index in [0.29, 0.717) is 17.6 Å². The Morgan fingerprint density at radius 3 is 1.71 bits per heavy atom. The molecule has 1 N–H and O–H groups in total. The second kappa shape index (κ2) is 8.53. The van der Waals surface area contributed by atoms with Gasteiger partial charge in [-0.3, -0.25) is 0 Å². The van der Waals surface area contributed by atoms with Crippen molar-refractivity contribution in [1.82, 2.24) is 5.32 Å². The number of rotatable bonds is 3. The van der Waals surface area contributed by atoms with Gasteiger partial charge in [-0.15, -0.1) is 0 Å². The van der Waals surface area contributed by atoms with Crippen molar-refractivity contribution in [2.24, 2.45) is 5.41 Å². The van der Waals surface area contributed by atoms with Gasteiger partial charge in [0.25, 0.3) is 0 Å². The Kier molecular flexibility index (Phi) is 7.01. The predicted octanol–water partition coefficient (Wildman–Crippen LogP) is 5.06. The number of nitrogens with one attached hydrogen (secondary N) is 1. The molecule has 0 aromatic heterocycles. The van der Waals surface area contributed by atoms with Crippen molar-refractivity contribution in [3.8, 4) is 0 Å². The molecular formula is C19H37NO. The van der Waals surface area contributed by atoms with Crippen LogP contribution in [0.3, 0.4) is 0 Å². The van der Waals surface area contributed by atoms with Crippen LogP contribution in [0.25, 0.3) is 0 Å². The third-order valence-electron chi connectivity index (χ3n) is 6.00. The summed E-state index contributed by atoms with van der Waals surface area (Å²) in [6.45, 7) is 4.72. The topological polar surface area (TPSA) is 21.3 Å². The van der Waals surface area contributed by atoms with Gasteiger partial charge in [0, 0.05) is 24.6 Å². The van der Waals surface area contributed by atoms with Crippen LogP contribution in [-0.4, -0.2) is 25.3 Å². The summed E-state index contributed by atoms with van der Waals surface area (Å²) in [6.07, 6.45) is 17.4. The molecule has 2 fully saturated rings. The van der Waals surface area contributed by atoms with Crippen molar-refractivity contribution in [2.75, 3.05) is 7.11 Å². The van der Waals surface area contributed by atoms with Gasteiger partial charge in [-0.25, -0.2) is 0 Å². The molecule has 0 aliphatic heterocycles. The molecule has 2 atom stereocenters. The fourth-order valence-electron chi connectivity index (χ4n) is 4.18. The minimum atomic E-state index is 0.304. The molecule has 0 saturated heterocycles. The smallest absolute Gasteiger partial charge is 0.0652 e. The van der Waals surface area contributed by atoms with Crippen LogP contribution >= 0.6 is 0 Å². The average Bonchev–Trinajstić information content (AvgIpc) is 2.45. The Balaban J connectivity index is 1.78. The van der Waals surface area contributed by atoms with E-state index in [4.69, 9.17) is 4.74 Å². The average molecular weight is 296 g/mol. The lowest BCUT2D eigenvalue weighted by Gasteiger charge is -2.52. The van der Waals surface area contributed by atoms with Crippen molar-refractivity contribution in [3.63, 3.8) is 0 Å². The monoisotopic (exact) mass is 295 g/mol. The molecule has 0 amide bonds. The van der Waals surface area contributed by atoms with Gasteiger partial charge in [0.15, 0.2) is 0 Å². The van der Waals surface area contributed by atoms with Gasteiger partial charge in [-0.2, -0.15) is 0 Å². The largest absolute Gasteiger partial charge is 0.381 e. The van der Waals surface area contributed by atoms with Gasteiger partial charge in [0.1, 0.15) is 0 Å². The second-order valence-corrected chi connectivity index (χ2v) is 7.96. The third kappa shape index (κ3) is 4.96. The van der Waals surface area contributed by atoms with Crippen LogP contribution in [0, 0.1) is 5.41 Å². The molecule has 0 aromatic rings.